The molecule has 0 amide bonds. The van der Waals surface area contributed by atoms with Crippen LogP contribution in [0.4, 0.5) is 0 Å². The summed E-state index contributed by atoms with van der Waals surface area (Å²) in [5.74, 6) is 0. The van der Waals surface area contributed by atoms with Crippen molar-refractivity contribution in [3.8, 4) is 0 Å². The highest BCUT2D eigenvalue weighted by Crippen LogP contribution is 2.42. The van der Waals surface area contributed by atoms with Gasteiger partial charge in [-0.05, 0) is 103 Å². The van der Waals surface area contributed by atoms with Crippen LogP contribution in [0.2, 0.25) is 18.1 Å². The first kappa shape index (κ1) is 29.6. The number of allylic oxidation sites excluding steroid dienone is 5. The molecule has 34 heavy (non-hydrogen) atoms. The zero-order valence-electron chi connectivity index (χ0n) is 22.9. The van der Waals surface area contributed by atoms with Crippen molar-refractivity contribution in [2.75, 3.05) is 0 Å². The maximum absolute atomic E-state index is 10.7. The van der Waals surface area contributed by atoms with Gasteiger partial charge in [0.25, 0.3) is 0 Å². The molecule has 1 aromatic heterocycles. The molecule has 1 aliphatic rings. The summed E-state index contributed by atoms with van der Waals surface area (Å²) in [6.45, 7) is 16.3. The third kappa shape index (κ3) is 7.96. The van der Waals surface area contributed by atoms with Gasteiger partial charge >= 0.3 is 0 Å². The Bertz CT molecular complexity index is 862. The van der Waals surface area contributed by atoms with Crippen LogP contribution in [-0.4, -0.2) is 13.2 Å². The highest BCUT2D eigenvalue weighted by molar-refractivity contribution is 14.1. The number of halogens is 1. The molecule has 1 aliphatic carbocycles. The fourth-order valence-corrected chi connectivity index (χ4v) is 9.55. The number of hydrogen-bond donors (Lipinski definition) is 1. The molecule has 2 nitrogen and oxygen atoms in total. The monoisotopic (exact) mass is 596 g/mol. The lowest BCUT2D eigenvalue weighted by molar-refractivity contribution is 0.180. The Morgan fingerprint density at radius 3 is 2.47 bits per heavy atom. The van der Waals surface area contributed by atoms with E-state index in [9.17, 15) is 5.11 Å². The predicted octanol–water partition coefficient (Wildman–Crippen LogP) is 9.77. The Balaban J connectivity index is 1.84. The van der Waals surface area contributed by atoms with Crippen LogP contribution >= 0.6 is 22.6 Å². The van der Waals surface area contributed by atoms with Gasteiger partial charge in [-0.25, -0.2) is 0 Å². The Morgan fingerprint density at radius 2 is 1.85 bits per heavy atom. The SMILES string of the molecule is CC[Si](CC)(CC)c1cc(C(O)C/C=C(\I)CC/C=C(\C)CCC2=C(C)CCCC2(C)C)co1. The number of furan rings is 1. The molecular formula is C30H49IO2Si. The molecule has 192 valence electrons. The molecule has 1 aromatic rings. The second kappa shape index (κ2) is 13.6. The third-order valence-electron chi connectivity index (χ3n) is 8.45. The van der Waals surface area contributed by atoms with E-state index in [0.717, 1.165) is 23.8 Å². The minimum Gasteiger partial charge on any atom is -0.474 e. The van der Waals surface area contributed by atoms with Crippen LogP contribution in [0.1, 0.15) is 112 Å². The minimum atomic E-state index is -1.53. The van der Waals surface area contributed by atoms with Gasteiger partial charge in [-0.2, -0.15) is 0 Å². The van der Waals surface area contributed by atoms with Crippen LogP contribution in [0.3, 0.4) is 0 Å². The van der Waals surface area contributed by atoms with Gasteiger partial charge in [-0.15, -0.1) is 0 Å². The standard InChI is InChI=1S/C30H49IO2Si/c1-8-34(9-2,10-3)29-21-25(22-33-29)28(32)19-17-26(31)15-11-13-23(4)16-18-27-24(5)14-12-20-30(27,6)7/h13,17,21-22,28,32H,8-12,14-16,18-20H2,1-7H3/b23-13+,26-17-. The largest absolute Gasteiger partial charge is 0.474 e. The third-order valence-corrected chi connectivity index (χ3v) is 14.8. The highest BCUT2D eigenvalue weighted by Gasteiger charge is 2.33. The van der Waals surface area contributed by atoms with E-state index in [1.807, 2.05) is 0 Å². The van der Waals surface area contributed by atoms with Gasteiger partial charge in [-0.3, -0.25) is 0 Å². The molecule has 0 aliphatic heterocycles. The summed E-state index contributed by atoms with van der Waals surface area (Å²) in [6, 6.07) is 5.74. The van der Waals surface area contributed by atoms with Crippen LogP contribution in [0.15, 0.2) is 49.2 Å². The van der Waals surface area contributed by atoms with Crippen LogP contribution < -0.4 is 5.38 Å². The second-order valence-electron chi connectivity index (χ2n) is 11.1. The molecule has 2 rings (SSSR count). The van der Waals surface area contributed by atoms with Gasteiger partial charge in [0.15, 0.2) is 0 Å². The summed E-state index contributed by atoms with van der Waals surface area (Å²) >= 11 is 2.44. The smallest absolute Gasteiger partial charge is 0.131 e. The van der Waals surface area contributed by atoms with Gasteiger partial charge in [0, 0.05) is 5.56 Å². The van der Waals surface area contributed by atoms with Crippen molar-refractivity contribution < 1.29 is 9.52 Å². The van der Waals surface area contributed by atoms with Gasteiger partial charge in [0.05, 0.1) is 17.8 Å². The molecule has 0 bridgehead atoms. The number of aliphatic hydroxyl groups excluding tert-OH is 1. The van der Waals surface area contributed by atoms with E-state index in [1.165, 1.54) is 59.4 Å². The first-order valence-corrected chi connectivity index (χ1v) is 17.2. The van der Waals surface area contributed by atoms with E-state index in [2.05, 4.69) is 89.3 Å². The molecular weight excluding hydrogens is 547 g/mol. The minimum absolute atomic E-state index is 0.380. The van der Waals surface area contributed by atoms with Crippen molar-refractivity contribution in [2.24, 2.45) is 5.41 Å². The van der Waals surface area contributed by atoms with Crippen LogP contribution in [0, 0.1) is 5.41 Å². The normalized spacial score (nSPS) is 18.5. The number of aliphatic hydroxyl groups is 1. The summed E-state index contributed by atoms with van der Waals surface area (Å²) in [6.07, 6.45) is 15.1. The molecule has 1 heterocycles. The molecule has 0 saturated carbocycles. The zero-order chi connectivity index (χ0) is 25.4. The molecule has 1 unspecified atom stereocenters. The van der Waals surface area contributed by atoms with E-state index in [0.29, 0.717) is 11.8 Å². The Morgan fingerprint density at radius 1 is 1.18 bits per heavy atom. The Kier molecular flexibility index (Phi) is 11.9. The maximum atomic E-state index is 10.7. The summed E-state index contributed by atoms with van der Waals surface area (Å²) in [5.41, 5.74) is 6.16. The maximum Gasteiger partial charge on any atom is 0.131 e. The van der Waals surface area contributed by atoms with Gasteiger partial charge < -0.3 is 9.52 Å². The lowest BCUT2D eigenvalue weighted by Crippen LogP contribution is -2.44. The van der Waals surface area contributed by atoms with Crippen molar-refractivity contribution in [3.05, 3.63) is 50.3 Å². The van der Waals surface area contributed by atoms with Crippen LogP contribution in [0.5, 0.6) is 0 Å². The highest BCUT2D eigenvalue weighted by atomic mass is 127. The van der Waals surface area contributed by atoms with E-state index >= 15 is 0 Å². The van der Waals surface area contributed by atoms with Crippen LogP contribution in [0.25, 0.3) is 0 Å². The molecule has 0 radical (unpaired) electrons. The average Bonchev–Trinajstić information content (AvgIpc) is 3.29. The predicted molar refractivity (Wildman–Crippen MR) is 160 cm³/mol. The Hall–Kier alpha value is -0.593. The molecule has 4 heteroatoms. The van der Waals surface area contributed by atoms with E-state index in [-0.39, 0.29) is 0 Å². The average molecular weight is 597 g/mol. The second-order valence-corrected chi connectivity index (χ2v) is 17.6. The van der Waals surface area contributed by atoms with Crippen molar-refractivity contribution in [3.63, 3.8) is 0 Å². The van der Waals surface area contributed by atoms with E-state index in [1.54, 1.807) is 17.4 Å². The van der Waals surface area contributed by atoms with Crippen molar-refractivity contribution in [1.29, 1.82) is 0 Å². The summed E-state index contributed by atoms with van der Waals surface area (Å²) in [7, 11) is -1.53. The van der Waals surface area contributed by atoms with E-state index in [4.69, 9.17) is 4.42 Å². The van der Waals surface area contributed by atoms with Crippen molar-refractivity contribution in [2.45, 2.75) is 124 Å². The first-order valence-electron chi connectivity index (χ1n) is 13.5. The summed E-state index contributed by atoms with van der Waals surface area (Å²) < 4.78 is 7.31. The van der Waals surface area contributed by atoms with Crippen molar-refractivity contribution >= 4 is 36.0 Å². The fraction of sp³-hybridized carbons (Fsp3) is 0.667. The molecule has 0 saturated heterocycles. The lowest BCUT2D eigenvalue weighted by Gasteiger charge is -2.35. The quantitative estimate of drug-likeness (QED) is 0.140. The van der Waals surface area contributed by atoms with Crippen molar-refractivity contribution in [1.82, 2.24) is 0 Å². The molecule has 0 fully saturated rings. The topological polar surface area (TPSA) is 33.4 Å². The number of rotatable bonds is 13. The molecule has 0 spiro atoms. The molecule has 1 atom stereocenters. The summed E-state index contributed by atoms with van der Waals surface area (Å²) in [5, 5.41) is 11.9. The van der Waals surface area contributed by atoms with E-state index < -0.39 is 14.2 Å². The summed E-state index contributed by atoms with van der Waals surface area (Å²) in [4.78, 5) is 0. The fourth-order valence-electron chi connectivity index (χ4n) is 5.66. The zero-order valence-corrected chi connectivity index (χ0v) is 26.1. The van der Waals surface area contributed by atoms with Gasteiger partial charge in [0.1, 0.15) is 8.07 Å². The van der Waals surface area contributed by atoms with Crippen LogP contribution in [-0.2, 0) is 0 Å². The molecule has 1 N–H and O–H groups in total. The van der Waals surface area contributed by atoms with Gasteiger partial charge in [0.2, 0.25) is 0 Å². The molecule has 0 aromatic carbocycles. The lowest BCUT2D eigenvalue weighted by atomic mass is 9.71. The number of hydrogen-bond acceptors (Lipinski definition) is 2. The first-order chi connectivity index (χ1) is 16.1. The Labute approximate surface area is 224 Å². The van der Waals surface area contributed by atoms with Gasteiger partial charge in [-0.1, -0.05) is 81.6 Å².